The molecule has 13 heavy (non-hydrogen) atoms. The highest BCUT2D eigenvalue weighted by atomic mass is 35.5. The van der Waals surface area contributed by atoms with Gasteiger partial charge in [-0.05, 0) is 25.7 Å². The van der Waals surface area contributed by atoms with Crippen LogP contribution >= 0.6 is 11.6 Å². The van der Waals surface area contributed by atoms with Crippen molar-refractivity contribution in [1.29, 1.82) is 0 Å². The van der Waals surface area contributed by atoms with Crippen LogP contribution in [0.25, 0.3) is 0 Å². The topological polar surface area (TPSA) is 21.3 Å². The molecular weight excluding hydrogens is 186 g/mol. The molecule has 2 nitrogen and oxygen atoms in total. The molecule has 0 amide bonds. The van der Waals surface area contributed by atoms with E-state index in [0.717, 1.165) is 6.42 Å². The summed E-state index contributed by atoms with van der Waals surface area (Å²) in [6.45, 7) is 4.36. The molecule has 0 radical (unpaired) electrons. The minimum atomic E-state index is 0.426. The molecule has 1 N–H and O–H groups in total. The Morgan fingerprint density at radius 2 is 2.38 bits per heavy atom. The molecule has 1 fully saturated rings. The number of hydrogen-bond donors (Lipinski definition) is 1. The molecule has 0 aliphatic heterocycles. The van der Waals surface area contributed by atoms with Gasteiger partial charge in [0.2, 0.25) is 0 Å². The predicted octanol–water partition coefficient (Wildman–Crippen LogP) is 2.29. The first-order chi connectivity index (χ1) is 6.22. The van der Waals surface area contributed by atoms with Crippen molar-refractivity contribution in [2.24, 2.45) is 0 Å². The van der Waals surface area contributed by atoms with E-state index in [2.05, 4.69) is 11.9 Å². The summed E-state index contributed by atoms with van der Waals surface area (Å²) in [5.41, 5.74) is 0. The quantitative estimate of drug-likeness (QED) is 0.757. The van der Waals surface area contributed by atoms with Crippen molar-refractivity contribution in [3.63, 3.8) is 0 Å². The van der Waals surface area contributed by atoms with Gasteiger partial charge in [-0.15, -0.1) is 0 Å². The summed E-state index contributed by atoms with van der Waals surface area (Å²) in [5, 5.41) is 4.05. The van der Waals surface area contributed by atoms with E-state index in [9.17, 15) is 0 Å². The van der Waals surface area contributed by atoms with Gasteiger partial charge in [0, 0.05) is 24.7 Å². The Kier molecular flexibility index (Phi) is 4.78. The van der Waals surface area contributed by atoms with Crippen LogP contribution in [-0.4, -0.2) is 25.8 Å². The van der Waals surface area contributed by atoms with Crippen LogP contribution in [0.5, 0.6) is 0 Å². The highest BCUT2D eigenvalue weighted by Gasteiger charge is 2.20. The van der Waals surface area contributed by atoms with Gasteiger partial charge in [-0.1, -0.05) is 18.2 Å². The predicted molar refractivity (Wildman–Crippen MR) is 56.0 cm³/mol. The Balaban J connectivity index is 2.21. The molecule has 2 atom stereocenters. The third-order valence-corrected chi connectivity index (χ3v) is 2.68. The number of nitrogens with one attached hydrogen (secondary N) is 1. The second-order valence-corrected chi connectivity index (χ2v) is 4.15. The molecule has 0 bridgehead atoms. The lowest BCUT2D eigenvalue weighted by atomic mass is 9.93. The van der Waals surface area contributed by atoms with Gasteiger partial charge in [0.1, 0.15) is 0 Å². The van der Waals surface area contributed by atoms with Gasteiger partial charge in [0.05, 0.1) is 6.10 Å². The summed E-state index contributed by atoms with van der Waals surface area (Å²) in [6, 6.07) is 0.550. The Labute approximate surface area is 85.3 Å². The Bertz CT molecular complexity index is 172. The van der Waals surface area contributed by atoms with Gasteiger partial charge in [0.15, 0.2) is 0 Å². The summed E-state index contributed by atoms with van der Waals surface area (Å²) in [4.78, 5) is 0. The summed E-state index contributed by atoms with van der Waals surface area (Å²) in [6.07, 6.45) is 5.18. The van der Waals surface area contributed by atoms with Crippen molar-refractivity contribution in [3.8, 4) is 0 Å². The fourth-order valence-electron chi connectivity index (χ4n) is 1.80. The number of halogens is 1. The average molecular weight is 204 g/mol. The van der Waals surface area contributed by atoms with Crippen LogP contribution in [0.2, 0.25) is 0 Å². The molecule has 0 aromatic heterocycles. The first-order valence-corrected chi connectivity index (χ1v) is 5.19. The highest BCUT2D eigenvalue weighted by Crippen LogP contribution is 2.20. The minimum Gasteiger partial charge on any atom is -0.381 e. The molecule has 1 rings (SSSR count). The zero-order chi connectivity index (χ0) is 9.68. The number of hydrogen-bond acceptors (Lipinski definition) is 2. The summed E-state index contributed by atoms with van der Waals surface area (Å²) >= 11 is 5.68. The van der Waals surface area contributed by atoms with Crippen LogP contribution in [0.4, 0.5) is 0 Å². The molecule has 1 aliphatic rings. The Hall–Kier alpha value is -0.0500. The maximum absolute atomic E-state index is 5.68. The van der Waals surface area contributed by atoms with Crippen LogP contribution in [0.15, 0.2) is 11.6 Å². The van der Waals surface area contributed by atoms with Crippen LogP contribution in [0, 0.1) is 0 Å². The van der Waals surface area contributed by atoms with Gasteiger partial charge < -0.3 is 10.1 Å². The lowest BCUT2D eigenvalue weighted by molar-refractivity contribution is 0.0594. The number of ether oxygens (including phenoxy) is 1. The first-order valence-electron chi connectivity index (χ1n) is 4.82. The Morgan fingerprint density at radius 3 is 3.00 bits per heavy atom. The largest absolute Gasteiger partial charge is 0.381 e. The zero-order valence-electron chi connectivity index (χ0n) is 8.18. The van der Waals surface area contributed by atoms with E-state index in [1.807, 2.05) is 0 Å². The Morgan fingerprint density at radius 1 is 1.62 bits per heavy atom. The summed E-state index contributed by atoms with van der Waals surface area (Å²) < 4.78 is 5.33. The van der Waals surface area contributed by atoms with Crippen molar-refractivity contribution in [3.05, 3.63) is 11.6 Å². The monoisotopic (exact) mass is 203 g/mol. The molecule has 1 saturated carbocycles. The van der Waals surface area contributed by atoms with Crippen molar-refractivity contribution in [1.82, 2.24) is 5.32 Å². The normalized spacial score (nSPS) is 28.8. The molecule has 3 heteroatoms. The fourth-order valence-corrected chi connectivity index (χ4v) is 1.88. The molecule has 0 aromatic carbocycles. The van der Waals surface area contributed by atoms with Crippen molar-refractivity contribution < 1.29 is 4.74 Å². The minimum absolute atomic E-state index is 0.426. The SMILES string of the molecule is C=C(Cl)CNC1CCCC(OC)C1. The molecule has 1 aliphatic carbocycles. The van der Waals surface area contributed by atoms with E-state index in [0.29, 0.717) is 23.7 Å². The molecule has 0 heterocycles. The lowest BCUT2D eigenvalue weighted by Gasteiger charge is -2.28. The van der Waals surface area contributed by atoms with E-state index < -0.39 is 0 Å². The zero-order valence-corrected chi connectivity index (χ0v) is 8.94. The summed E-state index contributed by atoms with van der Waals surface area (Å²) in [5.74, 6) is 0. The molecule has 2 unspecified atom stereocenters. The van der Waals surface area contributed by atoms with Gasteiger partial charge in [-0.2, -0.15) is 0 Å². The lowest BCUT2D eigenvalue weighted by Crippen LogP contribution is -2.37. The highest BCUT2D eigenvalue weighted by molar-refractivity contribution is 6.29. The van der Waals surface area contributed by atoms with Crippen LogP contribution in [-0.2, 0) is 4.74 Å². The van der Waals surface area contributed by atoms with E-state index in [1.54, 1.807) is 7.11 Å². The first kappa shape index (κ1) is 11.0. The molecule has 0 saturated heterocycles. The standard InChI is InChI=1S/C10H18ClNO/c1-8(11)7-12-9-4-3-5-10(6-9)13-2/h9-10,12H,1,3-7H2,2H3. The van der Waals surface area contributed by atoms with Crippen LogP contribution < -0.4 is 5.32 Å². The van der Waals surface area contributed by atoms with E-state index in [-0.39, 0.29) is 0 Å². The van der Waals surface area contributed by atoms with E-state index in [1.165, 1.54) is 19.3 Å². The van der Waals surface area contributed by atoms with Crippen molar-refractivity contribution in [2.45, 2.75) is 37.8 Å². The van der Waals surface area contributed by atoms with Gasteiger partial charge >= 0.3 is 0 Å². The third-order valence-electron chi connectivity index (χ3n) is 2.54. The maximum atomic E-state index is 5.68. The molecule has 0 spiro atoms. The second kappa shape index (κ2) is 5.63. The number of methoxy groups -OCH3 is 1. The second-order valence-electron chi connectivity index (χ2n) is 3.62. The maximum Gasteiger partial charge on any atom is 0.0586 e. The van der Waals surface area contributed by atoms with Crippen LogP contribution in [0.3, 0.4) is 0 Å². The number of rotatable bonds is 4. The fraction of sp³-hybridized carbons (Fsp3) is 0.800. The average Bonchev–Trinajstić information content (AvgIpc) is 2.15. The van der Waals surface area contributed by atoms with E-state index in [4.69, 9.17) is 16.3 Å². The van der Waals surface area contributed by atoms with Crippen LogP contribution in [0.1, 0.15) is 25.7 Å². The van der Waals surface area contributed by atoms with Gasteiger partial charge in [-0.25, -0.2) is 0 Å². The van der Waals surface area contributed by atoms with Gasteiger partial charge in [0.25, 0.3) is 0 Å². The third kappa shape index (κ3) is 4.12. The van der Waals surface area contributed by atoms with Crippen molar-refractivity contribution in [2.75, 3.05) is 13.7 Å². The van der Waals surface area contributed by atoms with Gasteiger partial charge in [-0.3, -0.25) is 0 Å². The molecule has 0 aromatic rings. The van der Waals surface area contributed by atoms with E-state index >= 15 is 0 Å². The summed E-state index contributed by atoms with van der Waals surface area (Å²) in [7, 11) is 1.79. The van der Waals surface area contributed by atoms with Crippen molar-refractivity contribution >= 4 is 11.6 Å². The molecular formula is C10H18ClNO. The smallest absolute Gasteiger partial charge is 0.0586 e. The molecule has 76 valence electrons.